The normalized spacial score (nSPS) is 12.3. The number of hydrogen-bond acceptors (Lipinski definition) is 2. The lowest BCUT2D eigenvalue weighted by molar-refractivity contribution is 0.673. The highest BCUT2D eigenvalue weighted by atomic mass is 32.1. The van der Waals surface area contributed by atoms with Gasteiger partial charge in [-0.2, -0.15) is 0 Å². The van der Waals surface area contributed by atoms with Gasteiger partial charge >= 0.3 is 0 Å². The zero-order chi connectivity index (χ0) is 29.9. The average Bonchev–Trinajstić information content (AvgIpc) is 3.85. The van der Waals surface area contributed by atoms with Crippen LogP contribution in [-0.2, 0) is 0 Å². The maximum Gasteiger partial charge on any atom is 0.145 e. The zero-order valence-electron chi connectivity index (χ0n) is 24.6. The van der Waals surface area contributed by atoms with Crippen LogP contribution in [0.2, 0.25) is 0 Å². The van der Waals surface area contributed by atoms with Gasteiger partial charge in [-0.05, 0) is 60.7 Å². The zero-order valence-corrected chi connectivity index (χ0v) is 25.4. The van der Waals surface area contributed by atoms with E-state index >= 15 is 0 Å². The van der Waals surface area contributed by atoms with Gasteiger partial charge in [0.05, 0.1) is 37.8 Å². The molecule has 0 spiro atoms. The lowest BCUT2D eigenvalue weighted by Crippen LogP contribution is -1.97. The molecule has 0 aliphatic heterocycles. The first-order chi connectivity index (χ1) is 22.8. The SMILES string of the molecule is c1ccc2c(c1)oc1c2ccc2c1c1ccc(-n3c4ccccc4c4ccccc43)cc1n2-c1cccc2c1sc1ccccc12. The molecule has 11 aromatic rings. The van der Waals surface area contributed by atoms with Crippen LogP contribution in [-0.4, -0.2) is 9.13 Å². The molecule has 7 aromatic carbocycles. The minimum atomic E-state index is 0.916. The van der Waals surface area contributed by atoms with Crippen LogP contribution >= 0.6 is 11.3 Å². The third kappa shape index (κ3) is 3.11. The maximum atomic E-state index is 6.66. The molecule has 0 amide bonds. The summed E-state index contributed by atoms with van der Waals surface area (Å²) in [5, 5.41) is 9.74. The van der Waals surface area contributed by atoms with Gasteiger partial charge in [-0.15, -0.1) is 11.3 Å². The third-order valence-electron chi connectivity index (χ3n) is 9.72. The van der Waals surface area contributed by atoms with Gasteiger partial charge in [0, 0.05) is 48.1 Å². The number of benzene rings is 7. The van der Waals surface area contributed by atoms with Gasteiger partial charge in [-0.25, -0.2) is 0 Å². The van der Waals surface area contributed by atoms with Crippen molar-refractivity contribution >= 4 is 97.1 Å². The number of nitrogens with zero attached hydrogens (tertiary/aromatic N) is 2. The van der Waals surface area contributed by atoms with E-state index in [1.165, 1.54) is 53.1 Å². The van der Waals surface area contributed by atoms with Crippen LogP contribution in [0.5, 0.6) is 0 Å². The predicted molar refractivity (Wildman–Crippen MR) is 195 cm³/mol. The Morgan fingerprint density at radius 2 is 1.11 bits per heavy atom. The lowest BCUT2D eigenvalue weighted by atomic mass is 10.1. The Kier molecular flexibility index (Phi) is 4.72. The molecule has 0 radical (unpaired) electrons. The van der Waals surface area contributed by atoms with Crippen molar-refractivity contribution in [2.45, 2.75) is 0 Å². The average molecular weight is 605 g/mol. The third-order valence-corrected chi connectivity index (χ3v) is 10.9. The van der Waals surface area contributed by atoms with Crippen LogP contribution in [0.4, 0.5) is 0 Å². The Balaban J connectivity index is 1.32. The molecule has 214 valence electrons. The van der Waals surface area contributed by atoms with Gasteiger partial charge in [-0.3, -0.25) is 0 Å². The van der Waals surface area contributed by atoms with Gasteiger partial charge in [-0.1, -0.05) is 84.9 Å². The molecule has 4 heteroatoms. The van der Waals surface area contributed by atoms with E-state index in [9.17, 15) is 0 Å². The molecule has 4 aromatic heterocycles. The fourth-order valence-corrected chi connectivity index (χ4v) is 8.99. The van der Waals surface area contributed by atoms with Crippen molar-refractivity contribution in [3.05, 3.63) is 146 Å². The Hall–Kier alpha value is -5.84. The van der Waals surface area contributed by atoms with Gasteiger partial charge in [0.15, 0.2) is 0 Å². The number of thiophene rings is 1. The molecule has 0 fully saturated rings. The van der Waals surface area contributed by atoms with Crippen molar-refractivity contribution in [3.63, 3.8) is 0 Å². The van der Waals surface area contributed by atoms with Gasteiger partial charge in [0.2, 0.25) is 0 Å². The molecule has 4 heterocycles. The largest absolute Gasteiger partial charge is 0.455 e. The molecule has 0 N–H and O–H groups in total. The van der Waals surface area contributed by atoms with E-state index in [4.69, 9.17) is 4.42 Å². The minimum absolute atomic E-state index is 0.916. The standard InChI is InChI=1S/C42H24N2OS/c1-5-15-33-26(10-1)27-11-2-6-16-34(27)43(33)25-20-21-32-37(24-25)44(36-17-9-14-31-29-13-4-8-19-39(29)46-42(31)36)35-23-22-30-28-12-3-7-18-38(28)45-41(30)40(32)35/h1-24H. The van der Waals surface area contributed by atoms with E-state index in [-0.39, 0.29) is 0 Å². The number of furan rings is 1. The van der Waals surface area contributed by atoms with Gasteiger partial charge in [0.1, 0.15) is 11.2 Å². The number of hydrogen-bond donors (Lipinski definition) is 0. The summed E-state index contributed by atoms with van der Waals surface area (Å²) in [6.07, 6.45) is 0. The fraction of sp³-hybridized carbons (Fsp3) is 0. The second-order valence-electron chi connectivity index (χ2n) is 12.1. The number of fused-ring (bicyclic) bond motifs is 13. The van der Waals surface area contributed by atoms with E-state index in [1.54, 1.807) is 0 Å². The molecule has 0 bridgehead atoms. The summed E-state index contributed by atoms with van der Waals surface area (Å²) in [5.41, 5.74) is 8.90. The monoisotopic (exact) mass is 604 g/mol. The molecule has 0 saturated carbocycles. The first-order valence-corrected chi connectivity index (χ1v) is 16.4. The lowest BCUT2D eigenvalue weighted by Gasteiger charge is -2.12. The molecule has 3 nitrogen and oxygen atoms in total. The summed E-state index contributed by atoms with van der Waals surface area (Å²) in [6.45, 7) is 0. The van der Waals surface area contributed by atoms with Gasteiger partial charge in [0.25, 0.3) is 0 Å². The minimum Gasteiger partial charge on any atom is -0.455 e. The Morgan fingerprint density at radius 3 is 1.93 bits per heavy atom. The summed E-state index contributed by atoms with van der Waals surface area (Å²) in [4.78, 5) is 0. The first-order valence-electron chi connectivity index (χ1n) is 15.6. The van der Waals surface area contributed by atoms with Crippen molar-refractivity contribution in [1.82, 2.24) is 9.13 Å². The molecule has 0 unspecified atom stereocenters. The quantitative estimate of drug-likeness (QED) is 0.192. The molecule has 0 aliphatic carbocycles. The van der Waals surface area contributed by atoms with Crippen molar-refractivity contribution in [2.24, 2.45) is 0 Å². The molecule has 0 atom stereocenters. The van der Waals surface area contributed by atoms with Gasteiger partial charge < -0.3 is 13.6 Å². The van der Waals surface area contributed by atoms with Crippen molar-refractivity contribution in [1.29, 1.82) is 0 Å². The second kappa shape index (κ2) is 8.87. The van der Waals surface area contributed by atoms with Crippen LogP contribution in [0.3, 0.4) is 0 Å². The van der Waals surface area contributed by atoms with Crippen LogP contribution in [0, 0.1) is 0 Å². The summed E-state index contributed by atoms with van der Waals surface area (Å²) >= 11 is 1.87. The summed E-state index contributed by atoms with van der Waals surface area (Å²) in [6, 6.07) is 52.7. The number of para-hydroxylation sites is 3. The molecular formula is C42H24N2OS. The molecule has 0 aliphatic rings. The van der Waals surface area contributed by atoms with Crippen molar-refractivity contribution < 1.29 is 4.42 Å². The van der Waals surface area contributed by atoms with Crippen LogP contribution in [0.15, 0.2) is 150 Å². The number of rotatable bonds is 2. The summed E-state index contributed by atoms with van der Waals surface area (Å²) in [7, 11) is 0. The smallest absolute Gasteiger partial charge is 0.145 e. The molecule has 46 heavy (non-hydrogen) atoms. The van der Waals surface area contributed by atoms with E-state index in [0.29, 0.717) is 0 Å². The topological polar surface area (TPSA) is 23.0 Å². The van der Waals surface area contributed by atoms with Crippen molar-refractivity contribution in [2.75, 3.05) is 0 Å². The highest BCUT2D eigenvalue weighted by molar-refractivity contribution is 7.26. The van der Waals surface area contributed by atoms with E-state index in [2.05, 4.69) is 149 Å². The van der Waals surface area contributed by atoms with E-state index < -0.39 is 0 Å². The molecular weight excluding hydrogens is 581 g/mol. The Bertz CT molecular complexity index is 2990. The Labute approximate surface area is 266 Å². The summed E-state index contributed by atoms with van der Waals surface area (Å²) in [5.74, 6) is 0. The highest BCUT2D eigenvalue weighted by Gasteiger charge is 2.22. The highest BCUT2D eigenvalue weighted by Crippen LogP contribution is 2.44. The fourth-order valence-electron chi connectivity index (χ4n) is 7.78. The van der Waals surface area contributed by atoms with Crippen molar-refractivity contribution in [3.8, 4) is 11.4 Å². The first kappa shape index (κ1) is 24.5. The van der Waals surface area contributed by atoms with E-state index in [0.717, 1.165) is 44.0 Å². The van der Waals surface area contributed by atoms with Crippen LogP contribution in [0.25, 0.3) is 97.1 Å². The predicted octanol–water partition coefficient (Wildman–Crippen LogP) is 12.1. The Morgan fingerprint density at radius 1 is 0.435 bits per heavy atom. The van der Waals surface area contributed by atoms with Crippen LogP contribution < -0.4 is 0 Å². The van der Waals surface area contributed by atoms with E-state index in [1.807, 2.05) is 17.4 Å². The maximum absolute atomic E-state index is 6.66. The van der Waals surface area contributed by atoms with Crippen LogP contribution in [0.1, 0.15) is 0 Å². The molecule has 11 rings (SSSR count). The number of aromatic nitrogens is 2. The second-order valence-corrected chi connectivity index (χ2v) is 13.1. The summed E-state index contributed by atoms with van der Waals surface area (Å²) < 4.78 is 14.1. The molecule has 0 saturated heterocycles.